The molecule has 0 atom stereocenters. The molecular weight excluding hydrogens is 749 g/mol. The molecule has 0 bridgehead atoms. The molecule has 2 heteroatoms. The Balaban J connectivity index is 1.06. The standard InChI is InChI=1S/C60H46N2/c1-5-17-45(18-6-1)47-29-33-49(34-30-47)51-37-41-55(42-38-51)62(56-43-39-52(40-44-56)50-35-31-48(32-36-50)46-19-7-2-8-20-46)60-28-16-14-26-58(60)57-25-13-15-27-59(57)61(53-21-9-3-10-22-53)54-23-11-4-12-24-54/h1-31,33-35,37-44H,32,36H2. The van der Waals surface area contributed by atoms with Crippen LogP contribution in [0.15, 0.2) is 255 Å². The van der Waals surface area contributed by atoms with E-state index < -0.39 is 0 Å². The zero-order chi connectivity index (χ0) is 41.5. The quantitative estimate of drug-likeness (QED) is 0.129. The highest BCUT2D eigenvalue weighted by atomic mass is 15.2. The average Bonchev–Trinajstić information content (AvgIpc) is 3.36. The van der Waals surface area contributed by atoms with Crippen molar-refractivity contribution in [1.82, 2.24) is 0 Å². The van der Waals surface area contributed by atoms with Gasteiger partial charge in [-0.05, 0) is 118 Å². The lowest BCUT2D eigenvalue weighted by molar-refractivity contribution is 1.07. The van der Waals surface area contributed by atoms with Crippen LogP contribution in [-0.4, -0.2) is 0 Å². The zero-order valence-electron chi connectivity index (χ0n) is 34.6. The minimum Gasteiger partial charge on any atom is -0.310 e. The molecule has 0 saturated carbocycles. The van der Waals surface area contributed by atoms with E-state index in [-0.39, 0.29) is 0 Å². The van der Waals surface area contributed by atoms with Crippen molar-refractivity contribution in [2.75, 3.05) is 9.80 Å². The molecule has 0 unspecified atom stereocenters. The van der Waals surface area contributed by atoms with Gasteiger partial charge in [-0.1, -0.05) is 194 Å². The molecule has 0 radical (unpaired) electrons. The maximum Gasteiger partial charge on any atom is 0.0540 e. The number of anilines is 6. The van der Waals surface area contributed by atoms with E-state index in [1.165, 1.54) is 44.5 Å². The van der Waals surface area contributed by atoms with Crippen molar-refractivity contribution in [3.63, 3.8) is 0 Å². The number of hydrogen-bond acceptors (Lipinski definition) is 2. The van der Waals surface area contributed by atoms with Gasteiger partial charge in [-0.2, -0.15) is 0 Å². The lowest BCUT2D eigenvalue weighted by Gasteiger charge is -2.31. The molecule has 62 heavy (non-hydrogen) atoms. The van der Waals surface area contributed by atoms with E-state index in [9.17, 15) is 0 Å². The molecule has 0 N–H and O–H groups in total. The molecule has 2 nitrogen and oxygen atoms in total. The van der Waals surface area contributed by atoms with Crippen LogP contribution in [0.4, 0.5) is 34.1 Å². The maximum atomic E-state index is 2.41. The summed E-state index contributed by atoms with van der Waals surface area (Å²) in [6.45, 7) is 0. The Kier molecular flexibility index (Phi) is 10.9. The Morgan fingerprint density at radius 2 is 0.500 bits per heavy atom. The SMILES string of the molecule is C1=C(c2ccccc2)CCC(c2ccc(N(c3ccc(-c4ccc(-c5ccccc5)cc4)cc3)c3ccccc3-c3ccccc3N(c3ccccc3)c3ccccc3)cc2)=C1. The van der Waals surface area contributed by atoms with Crippen molar-refractivity contribution >= 4 is 45.3 Å². The molecule has 1 aliphatic rings. The topological polar surface area (TPSA) is 6.48 Å². The molecule has 10 rings (SSSR count). The number of benzene rings is 9. The molecule has 0 spiro atoms. The third kappa shape index (κ3) is 8.02. The van der Waals surface area contributed by atoms with E-state index in [0.717, 1.165) is 58.1 Å². The van der Waals surface area contributed by atoms with E-state index in [2.05, 4.69) is 265 Å². The Hall–Kier alpha value is -7.94. The molecule has 296 valence electrons. The zero-order valence-corrected chi connectivity index (χ0v) is 34.6. The van der Waals surface area contributed by atoms with Crippen LogP contribution in [0.3, 0.4) is 0 Å². The average molecular weight is 795 g/mol. The summed E-state index contributed by atoms with van der Waals surface area (Å²) in [5.74, 6) is 0. The predicted octanol–water partition coefficient (Wildman–Crippen LogP) is 16.9. The van der Waals surface area contributed by atoms with Crippen LogP contribution in [0.2, 0.25) is 0 Å². The van der Waals surface area contributed by atoms with Crippen molar-refractivity contribution in [3.05, 3.63) is 266 Å². The summed E-state index contributed by atoms with van der Waals surface area (Å²) in [5.41, 5.74) is 19.0. The maximum absolute atomic E-state index is 2.41. The Bertz CT molecular complexity index is 2910. The van der Waals surface area contributed by atoms with Gasteiger partial charge < -0.3 is 9.80 Å². The van der Waals surface area contributed by atoms with E-state index in [1.807, 2.05) is 0 Å². The fourth-order valence-electron chi connectivity index (χ4n) is 8.69. The highest BCUT2D eigenvalue weighted by Crippen LogP contribution is 2.47. The summed E-state index contributed by atoms with van der Waals surface area (Å²) in [6, 6.07) is 87.3. The van der Waals surface area contributed by atoms with E-state index in [0.29, 0.717) is 0 Å². The molecule has 9 aromatic carbocycles. The Morgan fingerprint density at radius 3 is 0.903 bits per heavy atom. The third-order valence-electron chi connectivity index (χ3n) is 11.8. The minimum absolute atomic E-state index is 1.01. The second-order valence-corrected chi connectivity index (χ2v) is 15.7. The first kappa shape index (κ1) is 38.3. The highest BCUT2D eigenvalue weighted by molar-refractivity contribution is 5.96. The van der Waals surface area contributed by atoms with Crippen LogP contribution in [0, 0.1) is 0 Å². The molecular formula is C60H46N2. The van der Waals surface area contributed by atoms with Crippen molar-refractivity contribution < 1.29 is 0 Å². The fraction of sp³-hybridized carbons (Fsp3) is 0.0333. The van der Waals surface area contributed by atoms with E-state index in [1.54, 1.807) is 0 Å². The summed E-state index contributed by atoms with van der Waals surface area (Å²) in [4.78, 5) is 4.77. The molecule has 9 aromatic rings. The second-order valence-electron chi connectivity index (χ2n) is 15.7. The van der Waals surface area contributed by atoms with Gasteiger partial charge in [-0.15, -0.1) is 0 Å². The summed E-state index contributed by atoms with van der Waals surface area (Å²) < 4.78 is 0. The molecule has 0 amide bonds. The van der Waals surface area contributed by atoms with Crippen LogP contribution >= 0.6 is 0 Å². The molecule has 0 aromatic heterocycles. The van der Waals surface area contributed by atoms with Crippen molar-refractivity contribution in [2.24, 2.45) is 0 Å². The first-order valence-corrected chi connectivity index (χ1v) is 21.5. The van der Waals surface area contributed by atoms with Crippen LogP contribution in [0.25, 0.3) is 44.5 Å². The van der Waals surface area contributed by atoms with Gasteiger partial charge in [0.25, 0.3) is 0 Å². The fourth-order valence-corrected chi connectivity index (χ4v) is 8.69. The lowest BCUT2D eigenvalue weighted by Crippen LogP contribution is -2.13. The lowest BCUT2D eigenvalue weighted by atomic mass is 9.90. The highest BCUT2D eigenvalue weighted by Gasteiger charge is 2.22. The van der Waals surface area contributed by atoms with Gasteiger partial charge in [-0.3, -0.25) is 0 Å². The summed E-state index contributed by atoms with van der Waals surface area (Å²) in [6.07, 6.45) is 6.64. The summed E-state index contributed by atoms with van der Waals surface area (Å²) in [5, 5.41) is 0. The van der Waals surface area contributed by atoms with Gasteiger partial charge in [0, 0.05) is 33.9 Å². The van der Waals surface area contributed by atoms with Gasteiger partial charge in [0.05, 0.1) is 11.4 Å². The number of hydrogen-bond donors (Lipinski definition) is 0. The monoisotopic (exact) mass is 794 g/mol. The van der Waals surface area contributed by atoms with E-state index in [4.69, 9.17) is 0 Å². The number of allylic oxidation sites excluding steroid dienone is 4. The van der Waals surface area contributed by atoms with Crippen LogP contribution in [-0.2, 0) is 0 Å². The van der Waals surface area contributed by atoms with Crippen molar-refractivity contribution in [1.29, 1.82) is 0 Å². The normalized spacial score (nSPS) is 12.3. The number of nitrogens with zero attached hydrogens (tertiary/aromatic N) is 2. The predicted molar refractivity (Wildman–Crippen MR) is 264 cm³/mol. The molecule has 0 aliphatic heterocycles. The smallest absolute Gasteiger partial charge is 0.0540 e. The number of para-hydroxylation sites is 4. The van der Waals surface area contributed by atoms with E-state index >= 15 is 0 Å². The van der Waals surface area contributed by atoms with Gasteiger partial charge in [0.2, 0.25) is 0 Å². The molecule has 1 aliphatic carbocycles. The third-order valence-corrected chi connectivity index (χ3v) is 11.8. The van der Waals surface area contributed by atoms with Gasteiger partial charge >= 0.3 is 0 Å². The van der Waals surface area contributed by atoms with Crippen LogP contribution in [0.5, 0.6) is 0 Å². The van der Waals surface area contributed by atoms with Gasteiger partial charge in [-0.25, -0.2) is 0 Å². The van der Waals surface area contributed by atoms with Crippen molar-refractivity contribution in [2.45, 2.75) is 12.8 Å². The Morgan fingerprint density at radius 1 is 0.226 bits per heavy atom. The second kappa shape index (κ2) is 17.7. The van der Waals surface area contributed by atoms with Crippen LogP contribution in [0.1, 0.15) is 24.0 Å². The largest absolute Gasteiger partial charge is 0.310 e. The van der Waals surface area contributed by atoms with Gasteiger partial charge in [0.1, 0.15) is 0 Å². The van der Waals surface area contributed by atoms with Gasteiger partial charge in [0.15, 0.2) is 0 Å². The Labute approximate surface area is 365 Å². The molecule has 0 saturated heterocycles. The first-order chi connectivity index (χ1) is 30.8. The molecule has 0 heterocycles. The van der Waals surface area contributed by atoms with Crippen LogP contribution < -0.4 is 9.80 Å². The summed E-state index contributed by atoms with van der Waals surface area (Å²) in [7, 11) is 0. The summed E-state index contributed by atoms with van der Waals surface area (Å²) >= 11 is 0. The van der Waals surface area contributed by atoms with Crippen molar-refractivity contribution in [3.8, 4) is 33.4 Å². The number of rotatable bonds is 11. The first-order valence-electron chi connectivity index (χ1n) is 21.5. The molecule has 0 fully saturated rings. The minimum atomic E-state index is 1.01.